The fourth-order valence-electron chi connectivity index (χ4n) is 3.19. The van der Waals surface area contributed by atoms with Crippen LogP contribution in [-0.2, 0) is 11.3 Å². The third kappa shape index (κ3) is 4.43. The number of aromatic nitrogens is 1. The maximum Gasteiger partial charge on any atom is 0.317 e. The lowest BCUT2D eigenvalue weighted by Crippen LogP contribution is -2.54. The van der Waals surface area contributed by atoms with E-state index in [0.717, 1.165) is 62.9 Å². The van der Waals surface area contributed by atoms with Crippen molar-refractivity contribution in [2.45, 2.75) is 45.4 Å². The molecule has 0 radical (unpaired) electrons. The zero-order valence-corrected chi connectivity index (χ0v) is 14.8. The van der Waals surface area contributed by atoms with Crippen LogP contribution in [0, 0.1) is 6.92 Å². The number of hydrogen-bond donors (Lipinski definition) is 1. The number of ether oxygens (including phenoxy) is 1. The van der Waals surface area contributed by atoms with Gasteiger partial charge in [-0.05, 0) is 26.7 Å². The number of rotatable bonds is 4. The molecule has 2 fully saturated rings. The molecule has 0 saturated carbocycles. The van der Waals surface area contributed by atoms with Crippen LogP contribution in [0.2, 0.25) is 0 Å². The zero-order valence-electron chi connectivity index (χ0n) is 14.0. The van der Waals surface area contributed by atoms with Crippen molar-refractivity contribution in [2.75, 3.05) is 32.8 Å². The highest BCUT2D eigenvalue weighted by atomic mass is 32.1. The minimum atomic E-state index is 0.0390. The van der Waals surface area contributed by atoms with Gasteiger partial charge in [0.2, 0.25) is 0 Å². The van der Waals surface area contributed by atoms with E-state index in [4.69, 9.17) is 4.74 Å². The van der Waals surface area contributed by atoms with Crippen molar-refractivity contribution in [2.24, 2.45) is 0 Å². The van der Waals surface area contributed by atoms with Crippen molar-refractivity contribution in [3.8, 4) is 0 Å². The molecule has 1 aromatic rings. The van der Waals surface area contributed by atoms with E-state index >= 15 is 0 Å². The van der Waals surface area contributed by atoms with Crippen molar-refractivity contribution in [1.82, 2.24) is 20.1 Å². The number of urea groups is 1. The summed E-state index contributed by atoms with van der Waals surface area (Å²) in [5.41, 5.74) is 1.14. The van der Waals surface area contributed by atoms with Gasteiger partial charge in [-0.15, -0.1) is 11.3 Å². The predicted octanol–water partition coefficient (Wildman–Crippen LogP) is 1.85. The molecule has 2 amide bonds. The molecule has 1 aromatic heterocycles. The summed E-state index contributed by atoms with van der Waals surface area (Å²) in [7, 11) is 0. The van der Waals surface area contributed by atoms with Crippen LogP contribution in [0.1, 0.15) is 30.5 Å². The van der Waals surface area contributed by atoms with Gasteiger partial charge >= 0.3 is 6.03 Å². The first-order chi connectivity index (χ1) is 11.1. The van der Waals surface area contributed by atoms with E-state index in [9.17, 15) is 4.79 Å². The van der Waals surface area contributed by atoms with Gasteiger partial charge in [-0.1, -0.05) is 0 Å². The Kier molecular flexibility index (Phi) is 5.50. The lowest BCUT2D eigenvalue weighted by Gasteiger charge is -2.35. The third-order valence-corrected chi connectivity index (χ3v) is 5.41. The first-order valence-corrected chi connectivity index (χ1v) is 9.30. The molecule has 2 aliphatic heterocycles. The highest BCUT2D eigenvalue weighted by Gasteiger charge is 2.27. The van der Waals surface area contributed by atoms with Crippen LogP contribution in [0.3, 0.4) is 0 Å². The van der Waals surface area contributed by atoms with E-state index in [2.05, 4.69) is 20.6 Å². The topological polar surface area (TPSA) is 57.7 Å². The van der Waals surface area contributed by atoms with Crippen LogP contribution in [0.25, 0.3) is 0 Å². The van der Waals surface area contributed by atoms with Crippen LogP contribution in [0.15, 0.2) is 5.38 Å². The lowest BCUT2D eigenvalue weighted by molar-refractivity contribution is 0.0800. The van der Waals surface area contributed by atoms with Crippen LogP contribution < -0.4 is 5.32 Å². The maximum atomic E-state index is 12.4. The summed E-state index contributed by atoms with van der Waals surface area (Å²) >= 11 is 1.69. The summed E-state index contributed by atoms with van der Waals surface area (Å²) in [6.45, 7) is 9.11. The largest absolute Gasteiger partial charge is 0.376 e. The minimum absolute atomic E-state index is 0.0390. The Morgan fingerprint density at radius 3 is 2.87 bits per heavy atom. The van der Waals surface area contributed by atoms with Crippen LogP contribution >= 0.6 is 11.3 Å². The molecule has 0 aromatic carbocycles. The molecule has 3 heterocycles. The molecular weight excluding hydrogens is 312 g/mol. The van der Waals surface area contributed by atoms with Crippen LogP contribution in [-0.4, -0.2) is 65.7 Å². The Morgan fingerprint density at radius 2 is 2.26 bits per heavy atom. The van der Waals surface area contributed by atoms with E-state index in [-0.39, 0.29) is 18.2 Å². The molecular formula is C16H26N4O2S. The first kappa shape index (κ1) is 16.7. The lowest BCUT2D eigenvalue weighted by atomic mass is 10.1. The summed E-state index contributed by atoms with van der Waals surface area (Å²) in [5.74, 6) is 0. The van der Waals surface area contributed by atoms with E-state index in [1.54, 1.807) is 11.3 Å². The van der Waals surface area contributed by atoms with E-state index < -0.39 is 0 Å². The molecule has 23 heavy (non-hydrogen) atoms. The third-order valence-electron chi connectivity index (χ3n) is 4.59. The highest BCUT2D eigenvalue weighted by Crippen LogP contribution is 2.16. The summed E-state index contributed by atoms with van der Waals surface area (Å²) in [5, 5.41) is 6.33. The van der Waals surface area contributed by atoms with Gasteiger partial charge in [0.05, 0.1) is 22.8 Å². The molecule has 1 N–H and O–H groups in total. The molecule has 7 heteroatoms. The average Bonchev–Trinajstić information content (AvgIpc) is 3.20. The molecule has 128 valence electrons. The number of aryl methyl sites for hydroxylation is 1. The number of carbonyl (C=O) groups is 1. The van der Waals surface area contributed by atoms with Gasteiger partial charge < -0.3 is 15.0 Å². The van der Waals surface area contributed by atoms with E-state index in [1.165, 1.54) is 0 Å². The van der Waals surface area contributed by atoms with Crippen LogP contribution in [0.5, 0.6) is 0 Å². The molecule has 2 saturated heterocycles. The molecule has 0 aliphatic carbocycles. The van der Waals surface area contributed by atoms with Gasteiger partial charge in [0, 0.05) is 44.7 Å². The smallest absolute Gasteiger partial charge is 0.317 e. The molecule has 6 nitrogen and oxygen atoms in total. The number of nitrogens with one attached hydrogen (secondary N) is 1. The maximum absolute atomic E-state index is 12.4. The van der Waals surface area contributed by atoms with Crippen LogP contribution in [0.4, 0.5) is 4.79 Å². The van der Waals surface area contributed by atoms with Crippen molar-refractivity contribution < 1.29 is 9.53 Å². The Morgan fingerprint density at radius 1 is 1.48 bits per heavy atom. The van der Waals surface area contributed by atoms with Gasteiger partial charge in [0.15, 0.2) is 0 Å². The molecule has 0 bridgehead atoms. The second-order valence-electron chi connectivity index (χ2n) is 6.41. The SMILES string of the molecule is Cc1nc(CN2CCN(C(=O)N[C@@H](C)[C@H]3CCCO3)CC2)cs1. The first-order valence-electron chi connectivity index (χ1n) is 8.42. The van der Waals surface area contributed by atoms with Crippen molar-refractivity contribution in [1.29, 1.82) is 0 Å². The monoisotopic (exact) mass is 338 g/mol. The van der Waals surface area contributed by atoms with Gasteiger partial charge in [-0.3, -0.25) is 4.90 Å². The van der Waals surface area contributed by atoms with E-state index in [1.807, 2.05) is 18.7 Å². The minimum Gasteiger partial charge on any atom is -0.376 e. The Hall–Kier alpha value is -1.18. The predicted molar refractivity (Wildman–Crippen MR) is 90.7 cm³/mol. The molecule has 0 unspecified atom stereocenters. The second kappa shape index (κ2) is 7.59. The Labute approximate surface area is 141 Å². The number of thiazole rings is 1. The van der Waals surface area contributed by atoms with Gasteiger partial charge in [-0.2, -0.15) is 0 Å². The average molecular weight is 338 g/mol. The van der Waals surface area contributed by atoms with E-state index in [0.29, 0.717) is 0 Å². The fraction of sp³-hybridized carbons (Fsp3) is 0.750. The quantitative estimate of drug-likeness (QED) is 0.910. The standard InChI is InChI=1S/C16H26N4O2S/c1-12(15-4-3-9-22-15)17-16(21)20-7-5-19(6-8-20)10-14-11-23-13(2)18-14/h11-12,15H,3-10H2,1-2H3,(H,17,21)/t12-,15+/m0/s1. The number of carbonyl (C=O) groups excluding carboxylic acids is 1. The van der Waals surface area contributed by atoms with Crippen molar-refractivity contribution >= 4 is 17.4 Å². The Bertz CT molecular complexity index is 522. The molecule has 2 aliphatic rings. The van der Waals surface area contributed by atoms with Gasteiger partial charge in [-0.25, -0.2) is 9.78 Å². The molecule has 3 rings (SSSR count). The highest BCUT2D eigenvalue weighted by molar-refractivity contribution is 7.09. The normalized spacial score (nSPS) is 23.9. The Balaban J connectivity index is 1.41. The molecule has 2 atom stereocenters. The zero-order chi connectivity index (χ0) is 16.2. The summed E-state index contributed by atoms with van der Waals surface area (Å²) < 4.78 is 5.64. The number of piperazine rings is 1. The number of nitrogens with zero attached hydrogens (tertiary/aromatic N) is 3. The van der Waals surface area contributed by atoms with Gasteiger partial charge in [0.25, 0.3) is 0 Å². The summed E-state index contributed by atoms with van der Waals surface area (Å²) in [6, 6.07) is 0.123. The number of hydrogen-bond acceptors (Lipinski definition) is 5. The van der Waals surface area contributed by atoms with Crippen molar-refractivity contribution in [3.05, 3.63) is 16.1 Å². The second-order valence-corrected chi connectivity index (χ2v) is 7.47. The molecule has 0 spiro atoms. The number of amides is 2. The fourth-order valence-corrected chi connectivity index (χ4v) is 3.80. The summed E-state index contributed by atoms with van der Waals surface area (Å²) in [4.78, 5) is 21.1. The van der Waals surface area contributed by atoms with Gasteiger partial charge in [0.1, 0.15) is 0 Å². The van der Waals surface area contributed by atoms with Crippen molar-refractivity contribution in [3.63, 3.8) is 0 Å². The summed E-state index contributed by atoms with van der Waals surface area (Å²) in [6.07, 6.45) is 2.32.